The first kappa shape index (κ1) is 11.4. The number of halogens is 2. The predicted octanol–water partition coefficient (Wildman–Crippen LogP) is 3.09. The van der Waals surface area contributed by atoms with Crippen LogP contribution in [0.1, 0.15) is 12.6 Å². The highest BCUT2D eigenvalue weighted by molar-refractivity contribution is 9.11. The lowest BCUT2D eigenvalue weighted by Crippen LogP contribution is -1.96. The molecule has 5 heteroatoms. The molecule has 0 saturated carbocycles. The number of carbonyl (C=O) groups is 1. The molecule has 0 spiro atoms. The Bertz CT molecular complexity index is 402. The highest BCUT2D eigenvalue weighted by Crippen LogP contribution is 2.21. The average molecular weight is 321 g/mol. The van der Waals surface area contributed by atoms with Crippen LogP contribution in [0.25, 0.3) is 6.08 Å². The van der Waals surface area contributed by atoms with E-state index in [-0.39, 0.29) is 5.57 Å². The van der Waals surface area contributed by atoms with Gasteiger partial charge in [-0.1, -0.05) is 0 Å². The van der Waals surface area contributed by atoms with E-state index in [2.05, 4.69) is 36.8 Å². The van der Waals surface area contributed by atoms with Gasteiger partial charge < -0.3 is 5.11 Å². The van der Waals surface area contributed by atoms with Crippen LogP contribution >= 0.6 is 31.9 Å². The fraction of sp³-hybridized carbons (Fsp3) is 0.111. The molecule has 0 unspecified atom stereocenters. The van der Waals surface area contributed by atoms with Crippen LogP contribution in [0.4, 0.5) is 0 Å². The minimum Gasteiger partial charge on any atom is -0.478 e. The van der Waals surface area contributed by atoms with E-state index in [0.717, 1.165) is 8.95 Å². The molecular formula is C9H7Br2NO2. The fourth-order valence-corrected chi connectivity index (χ4v) is 1.90. The van der Waals surface area contributed by atoms with Crippen LogP contribution in [0, 0.1) is 0 Å². The molecule has 3 nitrogen and oxygen atoms in total. The maximum atomic E-state index is 10.6. The normalized spacial score (nSPS) is 11.5. The van der Waals surface area contributed by atoms with Crippen LogP contribution in [-0.4, -0.2) is 16.1 Å². The molecule has 1 aromatic rings. The number of carboxylic acid groups (broad SMARTS) is 1. The Balaban J connectivity index is 3.09. The molecule has 14 heavy (non-hydrogen) atoms. The Hall–Kier alpha value is -0.680. The zero-order valence-corrected chi connectivity index (χ0v) is 10.5. The van der Waals surface area contributed by atoms with E-state index in [4.69, 9.17) is 5.11 Å². The molecule has 1 rings (SSSR count). The smallest absolute Gasteiger partial charge is 0.331 e. The van der Waals surface area contributed by atoms with Crippen LogP contribution in [0.5, 0.6) is 0 Å². The second-order valence-corrected chi connectivity index (χ2v) is 4.42. The Labute approximate surface area is 98.1 Å². The number of hydrogen-bond donors (Lipinski definition) is 1. The molecule has 1 heterocycles. The summed E-state index contributed by atoms with van der Waals surface area (Å²) >= 11 is 6.56. The summed E-state index contributed by atoms with van der Waals surface area (Å²) in [6, 6.07) is 1.81. The van der Waals surface area contributed by atoms with Gasteiger partial charge in [-0.15, -0.1) is 0 Å². The summed E-state index contributed by atoms with van der Waals surface area (Å²) in [5.74, 6) is -0.943. The molecule has 1 N–H and O–H groups in total. The van der Waals surface area contributed by atoms with Crippen molar-refractivity contribution in [3.8, 4) is 0 Å². The molecule has 0 aliphatic heterocycles. The van der Waals surface area contributed by atoms with Crippen LogP contribution in [0.3, 0.4) is 0 Å². The second kappa shape index (κ2) is 4.70. The van der Waals surface area contributed by atoms with Crippen LogP contribution < -0.4 is 0 Å². The standard InChI is InChI=1S/C9H7Br2NO2/c1-5(9(13)14)2-8-7(11)3-6(10)4-12-8/h2-4H,1H3,(H,13,14)/b5-2+. The number of nitrogens with zero attached hydrogens (tertiary/aromatic N) is 1. The quantitative estimate of drug-likeness (QED) is 0.852. The topological polar surface area (TPSA) is 50.2 Å². The molecule has 74 valence electrons. The third kappa shape index (κ3) is 2.92. The van der Waals surface area contributed by atoms with Gasteiger partial charge in [0.2, 0.25) is 0 Å². The molecule has 0 amide bonds. The van der Waals surface area contributed by atoms with Crippen molar-refractivity contribution in [3.63, 3.8) is 0 Å². The predicted molar refractivity (Wildman–Crippen MR) is 60.9 cm³/mol. The summed E-state index contributed by atoms with van der Waals surface area (Å²) in [6.07, 6.45) is 3.13. The molecule has 0 aliphatic rings. The van der Waals surface area contributed by atoms with Gasteiger partial charge in [-0.05, 0) is 50.9 Å². The third-order valence-electron chi connectivity index (χ3n) is 1.53. The fourth-order valence-electron chi connectivity index (χ4n) is 0.798. The molecule has 0 bridgehead atoms. The lowest BCUT2D eigenvalue weighted by atomic mass is 10.2. The van der Waals surface area contributed by atoms with Crippen LogP contribution in [0.2, 0.25) is 0 Å². The van der Waals surface area contributed by atoms with Gasteiger partial charge in [-0.25, -0.2) is 4.79 Å². The van der Waals surface area contributed by atoms with E-state index in [1.54, 1.807) is 6.20 Å². The van der Waals surface area contributed by atoms with Crippen LogP contribution in [0.15, 0.2) is 26.8 Å². The summed E-state index contributed by atoms with van der Waals surface area (Å²) in [6.45, 7) is 1.53. The van der Waals surface area contributed by atoms with Crippen molar-refractivity contribution in [1.82, 2.24) is 4.98 Å². The second-order valence-electron chi connectivity index (χ2n) is 2.65. The number of pyridine rings is 1. The van der Waals surface area contributed by atoms with E-state index < -0.39 is 5.97 Å². The van der Waals surface area contributed by atoms with E-state index in [0.29, 0.717) is 5.69 Å². The van der Waals surface area contributed by atoms with Gasteiger partial charge in [0.15, 0.2) is 0 Å². The largest absolute Gasteiger partial charge is 0.478 e. The van der Waals surface area contributed by atoms with Gasteiger partial charge in [0, 0.05) is 20.7 Å². The summed E-state index contributed by atoms with van der Waals surface area (Å²) in [4.78, 5) is 14.6. The highest BCUT2D eigenvalue weighted by Gasteiger charge is 2.03. The molecule has 0 saturated heterocycles. The highest BCUT2D eigenvalue weighted by atomic mass is 79.9. The Morgan fingerprint density at radius 1 is 1.57 bits per heavy atom. The molecule has 0 radical (unpaired) electrons. The zero-order chi connectivity index (χ0) is 10.7. The molecule has 0 atom stereocenters. The lowest BCUT2D eigenvalue weighted by Gasteiger charge is -1.99. The molecule has 0 fully saturated rings. The minimum absolute atomic E-state index is 0.250. The average Bonchev–Trinajstić information content (AvgIpc) is 2.09. The molecule has 0 aromatic carbocycles. The van der Waals surface area contributed by atoms with Crippen molar-refractivity contribution < 1.29 is 9.90 Å². The Morgan fingerprint density at radius 3 is 2.71 bits per heavy atom. The Kier molecular flexibility index (Phi) is 3.83. The van der Waals surface area contributed by atoms with Crippen molar-refractivity contribution in [2.24, 2.45) is 0 Å². The van der Waals surface area contributed by atoms with Crippen molar-refractivity contribution in [3.05, 3.63) is 32.5 Å². The van der Waals surface area contributed by atoms with Gasteiger partial charge in [0.05, 0.1) is 5.69 Å². The van der Waals surface area contributed by atoms with Crippen LogP contribution in [-0.2, 0) is 4.79 Å². The summed E-state index contributed by atoms with van der Waals surface area (Å²) in [7, 11) is 0. The van der Waals surface area contributed by atoms with Gasteiger partial charge in [0.1, 0.15) is 0 Å². The number of aromatic nitrogens is 1. The van der Waals surface area contributed by atoms with E-state index in [1.807, 2.05) is 6.07 Å². The van der Waals surface area contributed by atoms with E-state index in [1.165, 1.54) is 13.0 Å². The third-order valence-corrected chi connectivity index (χ3v) is 2.60. The van der Waals surface area contributed by atoms with Crippen molar-refractivity contribution in [2.45, 2.75) is 6.92 Å². The summed E-state index contributed by atoms with van der Waals surface area (Å²) < 4.78 is 1.60. The first-order chi connectivity index (χ1) is 6.50. The van der Waals surface area contributed by atoms with Gasteiger partial charge in [-0.2, -0.15) is 0 Å². The van der Waals surface area contributed by atoms with Crippen molar-refractivity contribution >= 4 is 43.9 Å². The minimum atomic E-state index is -0.943. The van der Waals surface area contributed by atoms with Gasteiger partial charge in [0.25, 0.3) is 0 Å². The molecule has 0 aliphatic carbocycles. The number of carboxylic acids is 1. The number of aliphatic carboxylic acids is 1. The van der Waals surface area contributed by atoms with E-state index in [9.17, 15) is 4.79 Å². The first-order valence-corrected chi connectivity index (χ1v) is 5.32. The zero-order valence-electron chi connectivity index (χ0n) is 7.29. The SMILES string of the molecule is C/C(=C\c1ncc(Br)cc1Br)C(=O)O. The van der Waals surface area contributed by atoms with Crippen molar-refractivity contribution in [2.75, 3.05) is 0 Å². The number of rotatable bonds is 2. The lowest BCUT2D eigenvalue weighted by molar-refractivity contribution is -0.132. The molecule has 1 aromatic heterocycles. The van der Waals surface area contributed by atoms with E-state index >= 15 is 0 Å². The number of hydrogen-bond acceptors (Lipinski definition) is 2. The Morgan fingerprint density at radius 2 is 2.21 bits per heavy atom. The molecular weight excluding hydrogens is 314 g/mol. The maximum Gasteiger partial charge on any atom is 0.331 e. The van der Waals surface area contributed by atoms with Gasteiger partial charge >= 0.3 is 5.97 Å². The van der Waals surface area contributed by atoms with Gasteiger partial charge in [-0.3, -0.25) is 4.98 Å². The maximum absolute atomic E-state index is 10.6. The monoisotopic (exact) mass is 319 g/mol. The summed E-state index contributed by atoms with van der Waals surface area (Å²) in [5, 5.41) is 8.67. The van der Waals surface area contributed by atoms with Crippen molar-refractivity contribution in [1.29, 1.82) is 0 Å². The first-order valence-electron chi connectivity index (χ1n) is 3.73. The summed E-state index contributed by atoms with van der Waals surface area (Å²) in [5.41, 5.74) is 0.855.